The van der Waals surface area contributed by atoms with Gasteiger partial charge in [0.15, 0.2) is 0 Å². The molecule has 1 atom stereocenters. The third-order valence-corrected chi connectivity index (χ3v) is 5.24. The van der Waals surface area contributed by atoms with Crippen LogP contribution >= 0.6 is 0 Å². The first kappa shape index (κ1) is 36.0. The number of nitrogens with zero attached hydrogens (tertiary/aromatic N) is 2. The van der Waals surface area contributed by atoms with Gasteiger partial charge in [-0.3, -0.25) is 0 Å². The topological polar surface area (TPSA) is 39.9 Å². The van der Waals surface area contributed by atoms with Crippen LogP contribution in [0.4, 0.5) is 0 Å². The second-order valence-electron chi connectivity index (χ2n) is 9.08. The van der Waals surface area contributed by atoms with Gasteiger partial charge < -0.3 is 10.6 Å². The second-order valence-corrected chi connectivity index (χ2v) is 9.08. The average Bonchev–Trinajstić information content (AvgIpc) is 2.90. The van der Waals surface area contributed by atoms with Crippen molar-refractivity contribution in [1.29, 1.82) is 0 Å². The van der Waals surface area contributed by atoms with Gasteiger partial charge in [-0.15, -0.1) is 6.58 Å². The summed E-state index contributed by atoms with van der Waals surface area (Å²) in [7, 11) is 1.25. The van der Waals surface area contributed by atoms with E-state index in [-0.39, 0.29) is 0 Å². The Labute approximate surface area is 227 Å². The second kappa shape index (κ2) is 23.2. The first-order valence-electron chi connectivity index (χ1n) is 13.2. The Morgan fingerprint density at radius 2 is 1.42 bits per heavy atom. The van der Waals surface area contributed by atoms with Crippen LogP contribution in [0.25, 0.3) is 5.73 Å². The van der Waals surface area contributed by atoms with E-state index in [0.29, 0.717) is 0 Å². The van der Waals surface area contributed by atoms with Gasteiger partial charge in [-0.2, -0.15) is 7.05 Å². The molecule has 1 aliphatic rings. The van der Waals surface area contributed by atoms with Gasteiger partial charge in [0.05, 0.1) is 0 Å². The maximum Gasteiger partial charge on any atom is 0.113 e. The van der Waals surface area contributed by atoms with E-state index in [1.807, 2.05) is 62.4 Å². The number of benzene rings is 2. The van der Waals surface area contributed by atoms with E-state index in [9.17, 15) is 0 Å². The number of aryl methyl sites for hydroxylation is 2. The molecule has 2 aromatic carbocycles. The van der Waals surface area contributed by atoms with Crippen molar-refractivity contribution in [1.82, 2.24) is 9.88 Å². The number of pyridine rings is 1. The molecule has 1 unspecified atom stereocenters. The molecule has 0 spiro atoms. The summed E-state index contributed by atoms with van der Waals surface area (Å²) in [5.74, 6) is 6.05. The summed E-state index contributed by atoms with van der Waals surface area (Å²) in [6, 6.07) is 25.0. The zero-order valence-electron chi connectivity index (χ0n) is 24.5. The molecular formula is C34H48MdN3-. The fourth-order valence-corrected chi connectivity index (χ4v) is 3.27. The van der Waals surface area contributed by atoms with Crippen molar-refractivity contribution in [2.24, 2.45) is 0 Å². The molecule has 38 heavy (non-hydrogen) atoms. The van der Waals surface area contributed by atoms with E-state index in [2.05, 4.69) is 80.3 Å². The summed E-state index contributed by atoms with van der Waals surface area (Å²) in [6.07, 6.45) is 5.85. The van der Waals surface area contributed by atoms with E-state index in [0.717, 1.165) is 17.3 Å². The number of allylic oxidation sites excluding steroid dienone is 1. The van der Waals surface area contributed by atoms with E-state index >= 15 is 0 Å². The normalized spacial score (nSPS) is 12.7. The largest absolute Gasteiger partial charge is 0.680 e. The fraction of sp³-hybridized carbons (Fsp3) is 0.382. The van der Waals surface area contributed by atoms with Crippen molar-refractivity contribution < 1.29 is 0 Å². The van der Waals surface area contributed by atoms with Crippen LogP contribution in [0.5, 0.6) is 0 Å². The molecule has 4 heteroatoms. The van der Waals surface area contributed by atoms with Gasteiger partial charge in [0, 0.05) is 17.8 Å². The minimum atomic E-state index is 0. The molecule has 0 amide bonds. The van der Waals surface area contributed by atoms with Crippen LogP contribution in [-0.2, 0) is 0 Å². The maximum absolute atomic E-state index is 5.75. The molecule has 2 heterocycles. The first-order valence-corrected chi connectivity index (χ1v) is 13.2. The first-order chi connectivity index (χ1) is 17.8. The van der Waals surface area contributed by atoms with Gasteiger partial charge >= 0.3 is 0 Å². The third-order valence-electron chi connectivity index (χ3n) is 5.24. The van der Waals surface area contributed by atoms with Gasteiger partial charge in [-0.1, -0.05) is 85.0 Å². The molecule has 1 radical (unpaired) electrons. The van der Waals surface area contributed by atoms with Crippen LogP contribution in [0.3, 0.4) is 0 Å². The summed E-state index contributed by atoms with van der Waals surface area (Å²) in [5.41, 5.74) is 11.4. The van der Waals surface area contributed by atoms with E-state index in [4.69, 9.17) is 5.73 Å². The van der Waals surface area contributed by atoms with Crippen LogP contribution < -0.4 is 0 Å². The number of rotatable bonds is 3. The van der Waals surface area contributed by atoms with Crippen molar-refractivity contribution in [3.05, 3.63) is 119 Å². The molecule has 0 saturated carbocycles. The SMILES string of the molecule is C(#Cc1ccccn1)c1ccccc1.C=C(C)C.CCCN1CCC1CC.C[NH-].Cc1ccc(C)cc1.[Md]. The van der Waals surface area contributed by atoms with Crippen LogP contribution in [0.15, 0.2) is 91.1 Å². The Bertz CT molecular complexity index is 936. The van der Waals surface area contributed by atoms with E-state index in [1.54, 1.807) is 6.20 Å². The summed E-state index contributed by atoms with van der Waals surface area (Å²) in [5, 5.41) is 0. The monoisotopic (exact) mass is 756 g/mol. The summed E-state index contributed by atoms with van der Waals surface area (Å²) in [4.78, 5) is 6.70. The Morgan fingerprint density at radius 1 is 0.895 bits per heavy atom. The summed E-state index contributed by atoms with van der Waals surface area (Å²) >= 11 is 0. The van der Waals surface area contributed by atoms with E-state index < -0.39 is 0 Å². The average molecular weight is 757 g/mol. The predicted octanol–water partition coefficient (Wildman–Crippen LogP) is 8.92. The Morgan fingerprint density at radius 3 is 1.82 bits per heavy atom. The molecular weight excluding hydrogens is 708 g/mol. The van der Waals surface area contributed by atoms with E-state index in [1.165, 1.54) is 56.1 Å². The molecule has 1 aromatic heterocycles. The van der Waals surface area contributed by atoms with Gasteiger partial charge in [-0.05, 0) is 90.2 Å². The number of hydrogen-bond acceptors (Lipinski definition) is 2. The van der Waals surface area contributed by atoms with Gasteiger partial charge in [0.1, 0.15) is 5.69 Å². The minimum absolute atomic E-state index is 0. The van der Waals surface area contributed by atoms with Crippen LogP contribution in [0, 0.1) is 25.7 Å². The van der Waals surface area contributed by atoms with Crippen molar-refractivity contribution >= 4 is 0 Å². The molecule has 1 fully saturated rings. The van der Waals surface area contributed by atoms with Gasteiger partial charge in [0.2, 0.25) is 0 Å². The molecule has 0 aliphatic carbocycles. The van der Waals surface area contributed by atoms with Crippen molar-refractivity contribution in [2.45, 2.75) is 66.8 Å². The number of likely N-dealkylation sites (tertiary alicyclic amines) is 1. The Hall–Kier alpha value is -4.19. The third kappa shape index (κ3) is 18.1. The number of aromatic nitrogens is 1. The zero-order valence-corrected chi connectivity index (χ0v) is 26.8. The predicted molar refractivity (Wildman–Crippen MR) is 164 cm³/mol. The van der Waals surface area contributed by atoms with Crippen molar-refractivity contribution in [2.75, 3.05) is 20.1 Å². The maximum atomic E-state index is 5.75. The standard InChI is InChI=1S/C13H9N.C8H17N.C8H10.C4H8.CH4N.Md/c1-2-6-12(7-3-1)9-10-13-8-4-5-11-14-13;1-3-6-9-7-5-8(9)4-2;1-7-3-5-8(2)6-4-7;1-4(2)3;1-2;/h1-8,11H;8H,3-7H2,1-2H3;3-6H,1-2H3;1H2,2-3H3;2H,1H3;/q;;;;-1;. The molecule has 1 saturated heterocycles. The van der Waals surface area contributed by atoms with Gasteiger partial charge in [0.25, 0.3) is 0 Å². The molecule has 213 valence electrons. The van der Waals surface area contributed by atoms with Crippen molar-refractivity contribution in [3.8, 4) is 11.8 Å². The van der Waals surface area contributed by atoms with Gasteiger partial charge in [-0.25, -0.2) is 4.98 Å². The molecule has 0 bridgehead atoms. The van der Waals surface area contributed by atoms with Crippen molar-refractivity contribution in [3.63, 3.8) is 0 Å². The molecule has 1 aliphatic heterocycles. The van der Waals surface area contributed by atoms with Crippen LogP contribution in [0.2, 0.25) is 0 Å². The Balaban J connectivity index is 0. The Kier molecular flexibility index (Phi) is 22.0. The minimum Gasteiger partial charge on any atom is -0.680 e. The number of hydrogen-bond donors (Lipinski definition) is 0. The molecule has 3 nitrogen and oxygen atoms in total. The molecule has 3 aromatic rings. The summed E-state index contributed by atoms with van der Waals surface area (Å²) < 4.78 is 0. The van der Waals surface area contributed by atoms with Crippen LogP contribution in [0.1, 0.15) is 69.3 Å². The number of nitrogens with one attached hydrogen (secondary N) is 1. The smallest absolute Gasteiger partial charge is 0.113 e. The van der Waals surface area contributed by atoms with Crippen LogP contribution in [-0.4, -0.2) is 36.1 Å². The summed E-state index contributed by atoms with van der Waals surface area (Å²) in [6.45, 7) is 18.9. The fourth-order valence-electron chi connectivity index (χ4n) is 3.27. The molecule has 4 rings (SSSR count). The zero-order chi connectivity index (χ0) is 27.9. The molecule has 1 N–H and O–H groups in total. The quantitative estimate of drug-likeness (QED) is 0.198.